The van der Waals surface area contributed by atoms with E-state index >= 15 is 0 Å². The van der Waals surface area contributed by atoms with Crippen LogP contribution in [0.3, 0.4) is 0 Å². The van der Waals surface area contributed by atoms with Crippen LogP contribution in [0.2, 0.25) is 5.02 Å². The van der Waals surface area contributed by atoms with Crippen molar-refractivity contribution < 1.29 is 4.79 Å². The SMILES string of the molecule is O=C(CSCC1CCCCC1)Nc1cc(Cl)ccc1-n1cncn1. The van der Waals surface area contributed by atoms with Crippen molar-refractivity contribution in [3.05, 3.63) is 35.9 Å². The zero-order chi connectivity index (χ0) is 16.8. The minimum atomic E-state index is -0.0144. The molecule has 7 heteroatoms. The second-order valence-corrected chi connectivity index (χ2v) is 7.54. The number of thioether (sulfide) groups is 1. The summed E-state index contributed by atoms with van der Waals surface area (Å²) >= 11 is 7.78. The van der Waals surface area contributed by atoms with Gasteiger partial charge in [0.25, 0.3) is 0 Å². The molecule has 0 spiro atoms. The highest BCUT2D eigenvalue weighted by molar-refractivity contribution is 7.99. The van der Waals surface area contributed by atoms with Gasteiger partial charge in [0.15, 0.2) is 0 Å². The van der Waals surface area contributed by atoms with Crippen LogP contribution < -0.4 is 5.32 Å². The number of anilines is 1. The number of nitrogens with one attached hydrogen (secondary N) is 1. The summed E-state index contributed by atoms with van der Waals surface area (Å²) in [5.41, 5.74) is 1.40. The van der Waals surface area contributed by atoms with E-state index in [1.165, 1.54) is 38.4 Å². The number of benzene rings is 1. The minimum absolute atomic E-state index is 0.0144. The molecule has 1 aromatic carbocycles. The van der Waals surface area contributed by atoms with Crippen LogP contribution in [0.15, 0.2) is 30.9 Å². The Bertz CT molecular complexity index is 671. The van der Waals surface area contributed by atoms with E-state index in [9.17, 15) is 4.79 Å². The van der Waals surface area contributed by atoms with E-state index in [4.69, 9.17) is 11.6 Å². The molecule has 1 aromatic heterocycles. The lowest BCUT2D eigenvalue weighted by atomic mass is 9.91. The highest BCUT2D eigenvalue weighted by atomic mass is 35.5. The van der Waals surface area contributed by atoms with Crippen LogP contribution in [0.1, 0.15) is 32.1 Å². The summed E-state index contributed by atoms with van der Waals surface area (Å²) in [7, 11) is 0. The van der Waals surface area contributed by atoms with Gasteiger partial charge in [0.1, 0.15) is 12.7 Å². The van der Waals surface area contributed by atoms with Gasteiger partial charge in [-0.05, 0) is 42.7 Å². The van der Waals surface area contributed by atoms with Crippen LogP contribution in [0.25, 0.3) is 5.69 Å². The van der Waals surface area contributed by atoms with Gasteiger partial charge < -0.3 is 5.32 Å². The normalized spacial score (nSPS) is 15.4. The lowest BCUT2D eigenvalue weighted by molar-refractivity contribution is -0.113. The van der Waals surface area contributed by atoms with E-state index in [-0.39, 0.29) is 5.91 Å². The highest BCUT2D eigenvalue weighted by Gasteiger charge is 2.15. The van der Waals surface area contributed by atoms with Crippen LogP contribution >= 0.6 is 23.4 Å². The molecular weight excluding hydrogens is 344 g/mol. The monoisotopic (exact) mass is 364 g/mol. The van der Waals surface area contributed by atoms with Crippen LogP contribution in [-0.2, 0) is 4.79 Å². The van der Waals surface area contributed by atoms with Gasteiger partial charge >= 0.3 is 0 Å². The predicted octanol–water partition coefficient (Wildman–Crippen LogP) is 4.17. The van der Waals surface area contributed by atoms with Gasteiger partial charge in [-0.3, -0.25) is 4.79 Å². The van der Waals surface area contributed by atoms with Crippen molar-refractivity contribution in [1.29, 1.82) is 0 Å². The van der Waals surface area contributed by atoms with E-state index in [1.54, 1.807) is 34.9 Å². The standard InChI is InChI=1S/C17H21ClN4OS/c18-14-6-7-16(22-12-19-11-20-22)15(8-14)21-17(23)10-24-9-13-4-2-1-3-5-13/h6-8,11-13H,1-5,9-10H2,(H,21,23). The predicted molar refractivity (Wildman–Crippen MR) is 98.9 cm³/mol. The number of carbonyl (C=O) groups excluding carboxylic acids is 1. The zero-order valence-electron chi connectivity index (χ0n) is 13.4. The molecule has 1 aliphatic rings. The number of halogens is 1. The fourth-order valence-corrected chi connectivity index (χ4v) is 4.21. The molecule has 0 bridgehead atoms. The first-order valence-corrected chi connectivity index (χ1v) is 9.78. The molecule has 24 heavy (non-hydrogen) atoms. The number of hydrogen-bond acceptors (Lipinski definition) is 4. The fraction of sp³-hybridized carbons (Fsp3) is 0.471. The Morgan fingerprint density at radius 2 is 2.17 bits per heavy atom. The van der Waals surface area contributed by atoms with Gasteiger partial charge in [-0.1, -0.05) is 30.9 Å². The smallest absolute Gasteiger partial charge is 0.234 e. The van der Waals surface area contributed by atoms with Gasteiger partial charge in [0.05, 0.1) is 17.1 Å². The Hall–Kier alpha value is -1.53. The molecular formula is C17H21ClN4OS. The number of nitrogens with zero attached hydrogens (tertiary/aromatic N) is 3. The molecule has 0 aliphatic heterocycles. The molecule has 0 saturated heterocycles. The third kappa shape index (κ3) is 4.74. The van der Waals surface area contributed by atoms with Crippen molar-refractivity contribution in [3.8, 4) is 5.69 Å². The maximum Gasteiger partial charge on any atom is 0.234 e. The Kier molecular flexibility index (Phi) is 6.15. The first-order chi connectivity index (χ1) is 11.7. The van der Waals surface area contributed by atoms with Crippen molar-refractivity contribution in [3.63, 3.8) is 0 Å². The molecule has 1 fully saturated rings. The van der Waals surface area contributed by atoms with Crippen LogP contribution in [0, 0.1) is 5.92 Å². The van der Waals surface area contributed by atoms with Gasteiger partial charge in [-0.15, -0.1) is 0 Å². The summed E-state index contributed by atoms with van der Waals surface area (Å²) in [6.07, 6.45) is 9.69. The quantitative estimate of drug-likeness (QED) is 0.835. The third-order valence-electron chi connectivity index (χ3n) is 4.21. The molecule has 0 unspecified atom stereocenters. The Labute approximate surface area is 151 Å². The molecule has 2 aromatic rings. The van der Waals surface area contributed by atoms with Crippen molar-refractivity contribution in [2.75, 3.05) is 16.8 Å². The van der Waals surface area contributed by atoms with Crippen LogP contribution in [0.5, 0.6) is 0 Å². The average molecular weight is 365 g/mol. The molecule has 1 heterocycles. The molecule has 3 rings (SSSR count). The number of amides is 1. The highest BCUT2D eigenvalue weighted by Crippen LogP contribution is 2.27. The lowest BCUT2D eigenvalue weighted by Crippen LogP contribution is -2.17. The molecule has 0 atom stereocenters. The van der Waals surface area contributed by atoms with E-state index < -0.39 is 0 Å². The average Bonchev–Trinajstić information content (AvgIpc) is 3.10. The maximum atomic E-state index is 12.3. The van der Waals surface area contributed by atoms with E-state index in [2.05, 4.69) is 15.4 Å². The van der Waals surface area contributed by atoms with Crippen molar-refractivity contribution in [2.24, 2.45) is 5.92 Å². The van der Waals surface area contributed by atoms with Crippen molar-refractivity contribution >= 4 is 35.0 Å². The Morgan fingerprint density at radius 1 is 1.33 bits per heavy atom. The second kappa shape index (κ2) is 8.53. The fourth-order valence-electron chi connectivity index (χ4n) is 3.00. The first kappa shape index (κ1) is 17.3. The van der Waals surface area contributed by atoms with Gasteiger partial charge in [0, 0.05) is 5.02 Å². The van der Waals surface area contributed by atoms with E-state index in [0.29, 0.717) is 16.5 Å². The minimum Gasteiger partial charge on any atom is -0.323 e. The molecule has 128 valence electrons. The van der Waals surface area contributed by atoms with Crippen molar-refractivity contribution in [1.82, 2.24) is 14.8 Å². The molecule has 5 nitrogen and oxygen atoms in total. The number of rotatable bonds is 6. The summed E-state index contributed by atoms with van der Waals surface area (Å²) in [4.78, 5) is 16.2. The molecule has 0 radical (unpaired) electrons. The molecule has 1 N–H and O–H groups in total. The number of carbonyl (C=O) groups is 1. The Morgan fingerprint density at radius 3 is 2.92 bits per heavy atom. The lowest BCUT2D eigenvalue weighted by Gasteiger charge is -2.20. The maximum absolute atomic E-state index is 12.3. The van der Waals surface area contributed by atoms with Gasteiger partial charge in [0.2, 0.25) is 5.91 Å². The first-order valence-electron chi connectivity index (χ1n) is 8.24. The number of hydrogen-bond donors (Lipinski definition) is 1. The topological polar surface area (TPSA) is 59.8 Å². The van der Waals surface area contributed by atoms with Crippen LogP contribution in [0.4, 0.5) is 5.69 Å². The number of aromatic nitrogens is 3. The molecule has 1 saturated carbocycles. The summed E-state index contributed by atoms with van der Waals surface area (Å²) in [6.45, 7) is 0. The van der Waals surface area contributed by atoms with Gasteiger partial charge in [-0.2, -0.15) is 16.9 Å². The van der Waals surface area contributed by atoms with Crippen molar-refractivity contribution in [2.45, 2.75) is 32.1 Å². The largest absolute Gasteiger partial charge is 0.323 e. The Balaban J connectivity index is 1.56. The summed E-state index contributed by atoms with van der Waals surface area (Å²) < 4.78 is 1.61. The molecule has 1 amide bonds. The third-order valence-corrected chi connectivity index (χ3v) is 5.62. The summed E-state index contributed by atoms with van der Waals surface area (Å²) in [6, 6.07) is 5.33. The summed E-state index contributed by atoms with van der Waals surface area (Å²) in [5, 5.41) is 7.63. The molecule has 1 aliphatic carbocycles. The second-order valence-electron chi connectivity index (χ2n) is 6.07. The van der Waals surface area contributed by atoms with Gasteiger partial charge in [-0.25, -0.2) is 9.67 Å². The zero-order valence-corrected chi connectivity index (χ0v) is 15.0. The van der Waals surface area contributed by atoms with E-state index in [0.717, 1.165) is 17.4 Å². The summed E-state index contributed by atoms with van der Waals surface area (Å²) in [5.74, 6) is 2.28. The van der Waals surface area contributed by atoms with E-state index in [1.807, 2.05) is 6.07 Å². The van der Waals surface area contributed by atoms with Crippen LogP contribution in [-0.4, -0.2) is 32.2 Å².